The lowest BCUT2D eigenvalue weighted by Crippen LogP contribution is -2.44. The molecule has 2 aromatic rings. The van der Waals surface area contributed by atoms with Crippen LogP contribution in [-0.4, -0.2) is 46.3 Å². The number of hydrogen-bond donors (Lipinski definition) is 0. The van der Waals surface area contributed by atoms with Crippen LogP contribution < -0.4 is 4.74 Å². The summed E-state index contributed by atoms with van der Waals surface area (Å²) in [5.74, 6) is -0.346. The van der Waals surface area contributed by atoms with Crippen LogP contribution in [0.3, 0.4) is 0 Å². The van der Waals surface area contributed by atoms with Gasteiger partial charge in [-0.05, 0) is 25.0 Å². The maximum Gasteiger partial charge on any atom is 0.250 e. The molecule has 1 spiro atoms. The number of aromatic nitrogens is 2. The highest BCUT2D eigenvalue weighted by atomic mass is 32.1. The molecule has 7 heteroatoms. The van der Waals surface area contributed by atoms with Gasteiger partial charge in [0.2, 0.25) is 0 Å². The van der Waals surface area contributed by atoms with Gasteiger partial charge in [0, 0.05) is 37.3 Å². The average Bonchev–Trinajstić information content (AvgIpc) is 3.23. The van der Waals surface area contributed by atoms with Gasteiger partial charge in [0.15, 0.2) is 5.82 Å². The molecule has 1 atom stereocenters. The number of nitrogens with zero attached hydrogens (tertiary/aromatic N) is 3. The van der Waals surface area contributed by atoms with Crippen molar-refractivity contribution < 1.29 is 13.9 Å². The number of hydrogen-bond acceptors (Lipinski definition) is 6. The minimum Gasteiger partial charge on any atom is -0.470 e. The van der Waals surface area contributed by atoms with E-state index in [-0.39, 0.29) is 17.6 Å². The van der Waals surface area contributed by atoms with Gasteiger partial charge in [-0.1, -0.05) is 0 Å². The molecule has 2 aliphatic rings. The number of rotatable bonds is 4. The summed E-state index contributed by atoms with van der Waals surface area (Å²) in [7, 11) is 0. The zero-order chi connectivity index (χ0) is 16.4. The van der Waals surface area contributed by atoms with Crippen molar-refractivity contribution in [2.24, 2.45) is 0 Å². The zero-order valence-electron chi connectivity index (χ0n) is 13.4. The predicted molar refractivity (Wildman–Crippen MR) is 88.5 cm³/mol. The summed E-state index contributed by atoms with van der Waals surface area (Å²) >= 11 is 1.70. The van der Waals surface area contributed by atoms with Crippen LogP contribution in [0.1, 0.15) is 24.3 Å². The van der Waals surface area contributed by atoms with Crippen LogP contribution >= 0.6 is 11.3 Å². The van der Waals surface area contributed by atoms with Crippen LogP contribution in [0.25, 0.3) is 0 Å². The second-order valence-corrected chi connectivity index (χ2v) is 7.41. The largest absolute Gasteiger partial charge is 0.470 e. The third kappa shape index (κ3) is 3.43. The number of ether oxygens (including phenoxy) is 2. The maximum atomic E-state index is 13.7. The van der Waals surface area contributed by atoms with E-state index < -0.39 is 5.82 Å². The van der Waals surface area contributed by atoms with Gasteiger partial charge in [-0.2, -0.15) is 0 Å². The van der Waals surface area contributed by atoms with E-state index in [0.29, 0.717) is 6.61 Å². The van der Waals surface area contributed by atoms with Gasteiger partial charge in [0.25, 0.3) is 5.88 Å². The minimum absolute atomic E-state index is 0.0735. The topological polar surface area (TPSA) is 47.5 Å². The maximum absolute atomic E-state index is 13.7. The van der Waals surface area contributed by atoms with Gasteiger partial charge >= 0.3 is 0 Å². The molecule has 5 nitrogen and oxygen atoms in total. The first-order valence-electron chi connectivity index (χ1n) is 8.24. The Hall–Kier alpha value is -1.57. The summed E-state index contributed by atoms with van der Waals surface area (Å²) in [6.07, 6.45) is 6.02. The van der Waals surface area contributed by atoms with Crippen molar-refractivity contribution in [3.05, 3.63) is 40.7 Å². The van der Waals surface area contributed by atoms with Gasteiger partial charge < -0.3 is 9.47 Å². The fraction of sp³-hybridized carbons (Fsp3) is 0.529. The molecule has 128 valence electrons. The van der Waals surface area contributed by atoms with Gasteiger partial charge in [-0.25, -0.2) is 14.4 Å². The van der Waals surface area contributed by atoms with Crippen molar-refractivity contribution in [2.45, 2.75) is 37.5 Å². The first-order chi connectivity index (χ1) is 11.7. The molecule has 0 amide bonds. The summed E-state index contributed by atoms with van der Waals surface area (Å²) in [4.78, 5) is 10.7. The first-order valence-corrected chi connectivity index (χ1v) is 9.12. The third-order valence-electron chi connectivity index (χ3n) is 4.79. The van der Waals surface area contributed by atoms with Gasteiger partial charge in [0.1, 0.15) is 11.1 Å². The standard InChI is InChI=1S/C17H20FN3O2S/c18-14-2-1-5-20-16(14)23-13-10-17(22-12-13)3-7-21(8-4-17)11-15-19-6-9-24-15/h1-2,5-6,9,13H,3-4,7-8,10-12H2/t13-/m0/s1. The van der Waals surface area contributed by atoms with E-state index in [0.717, 1.165) is 43.9 Å². The summed E-state index contributed by atoms with van der Waals surface area (Å²) in [6, 6.07) is 2.93. The Bertz CT molecular complexity index is 674. The van der Waals surface area contributed by atoms with Crippen molar-refractivity contribution in [1.29, 1.82) is 0 Å². The van der Waals surface area contributed by atoms with Crippen LogP contribution in [0.5, 0.6) is 5.88 Å². The highest BCUT2D eigenvalue weighted by Crippen LogP contribution is 2.37. The van der Waals surface area contributed by atoms with E-state index in [2.05, 4.69) is 14.9 Å². The van der Waals surface area contributed by atoms with Crippen LogP contribution in [0.2, 0.25) is 0 Å². The lowest BCUT2D eigenvalue weighted by molar-refractivity contribution is -0.0455. The summed E-state index contributed by atoms with van der Waals surface area (Å²) < 4.78 is 25.5. The molecule has 0 saturated carbocycles. The van der Waals surface area contributed by atoms with Crippen molar-refractivity contribution in [3.63, 3.8) is 0 Å². The van der Waals surface area contributed by atoms with E-state index >= 15 is 0 Å². The number of piperidine rings is 1. The molecule has 0 bridgehead atoms. The molecule has 4 heterocycles. The number of halogens is 1. The molecule has 0 aromatic carbocycles. The molecule has 0 radical (unpaired) electrons. The summed E-state index contributed by atoms with van der Waals surface area (Å²) in [5.41, 5.74) is -0.130. The molecule has 4 rings (SSSR count). The second-order valence-electron chi connectivity index (χ2n) is 6.43. The highest BCUT2D eigenvalue weighted by molar-refractivity contribution is 7.09. The third-order valence-corrected chi connectivity index (χ3v) is 5.55. The van der Waals surface area contributed by atoms with Crippen LogP contribution in [0, 0.1) is 5.82 Å². The van der Waals surface area contributed by atoms with E-state index in [4.69, 9.17) is 9.47 Å². The SMILES string of the molecule is Fc1cccnc1O[C@@H]1COC2(CCN(Cc3nccs3)CC2)C1. The Kier molecular flexibility index (Phi) is 4.47. The van der Waals surface area contributed by atoms with E-state index in [9.17, 15) is 4.39 Å². The van der Waals surface area contributed by atoms with Gasteiger partial charge in [0.05, 0.1) is 18.8 Å². The van der Waals surface area contributed by atoms with Gasteiger partial charge in [-0.3, -0.25) is 4.90 Å². The minimum atomic E-state index is -0.420. The Balaban J connectivity index is 1.31. The summed E-state index contributed by atoms with van der Waals surface area (Å²) in [6.45, 7) is 3.39. The summed E-state index contributed by atoms with van der Waals surface area (Å²) in [5, 5.41) is 3.17. The molecule has 24 heavy (non-hydrogen) atoms. The quantitative estimate of drug-likeness (QED) is 0.849. The Labute approximate surface area is 144 Å². The number of thiazole rings is 1. The highest BCUT2D eigenvalue weighted by Gasteiger charge is 2.43. The van der Waals surface area contributed by atoms with E-state index in [1.54, 1.807) is 23.6 Å². The predicted octanol–water partition coefficient (Wildman–Crippen LogP) is 2.88. The average molecular weight is 349 g/mol. The smallest absolute Gasteiger partial charge is 0.250 e. The molecule has 2 fully saturated rings. The van der Waals surface area contributed by atoms with E-state index in [1.165, 1.54) is 6.07 Å². The fourth-order valence-corrected chi connectivity index (χ4v) is 4.14. The van der Waals surface area contributed by atoms with Crippen molar-refractivity contribution in [1.82, 2.24) is 14.9 Å². The molecule has 0 unspecified atom stereocenters. The molecule has 2 saturated heterocycles. The number of pyridine rings is 1. The number of likely N-dealkylation sites (tertiary alicyclic amines) is 1. The van der Waals surface area contributed by atoms with E-state index in [1.807, 2.05) is 11.6 Å². The second kappa shape index (κ2) is 6.74. The molecular weight excluding hydrogens is 329 g/mol. The zero-order valence-corrected chi connectivity index (χ0v) is 14.2. The molecule has 0 aliphatic carbocycles. The molecule has 2 aromatic heterocycles. The Morgan fingerprint density at radius 1 is 1.33 bits per heavy atom. The normalized spacial score (nSPS) is 23.6. The first kappa shape index (κ1) is 15.9. The molecule has 0 N–H and O–H groups in total. The lowest BCUT2D eigenvalue weighted by Gasteiger charge is -2.38. The Morgan fingerprint density at radius 2 is 2.21 bits per heavy atom. The lowest BCUT2D eigenvalue weighted by atomic mass is 9.88. The van der Waals surface area contributed by atoms with Crippen molar-refractivity contribution in [3.8, 4) is 5.88 Å². The Morgan fingerprint density at radius 3 is 2.96 bits per heavy atom. The van der Waals surface area contributed by atoms with Crippen molar-refractivity contribution >= 4 is 11.3 Å². The fourth-order valence-electron chi connectivity index (χ4n) is 3.48. The van der Waals surface area contributed by atoms with Crippen molar-refractivity contribution in [2.75, 3.05) is 19.7 Å². The van der Waals surface area contributed by atoms with Gasteiger partial charge in [-0.15, -0.1) is 11.3 Å². The monoisotopic (exact) mass is 349 g/mol. The molecule has 2 aliphatic heterocycles. The van der Waals surface area contributed by atoms with Crippen LogP contribution in [-0.2, 0) is 11.3 Å². The van der Waals surface area contributed by atoms with Crippen LogP contribution in [0.4, 0.5) is 4.39 Å². The van der Waals surface area contributed by atoms with Crippen LogP contribution in [0.15, 0.2) is 29.9 Å². The molecular formula is C17H20FN3O2S.